The van der Waals surface area contributed by atoms with Crippen LogP contribution in [0.2, 0.25) is 0 Å². The number of hydrogen-bond donors (Lipinski definition) is 1. The van der Waals surface area contributed by atoms with Gasteiger partial charge in [-0.2, -0.15) is 0 Å². The lowest BCUT2D eigenvalue weighted by atomic mass is 10.1. The van der Waals surface area contributed by atoms with E-state index < -0.39 is 0 Å². The number of hydrogen-bond acceptors (Lipinski definition) is 2. The number of anilines is 1. The molecular weight excluding hydrogens is 312 g/mol. The number of carbonyl (C=O) groups is 1. The number of nitrogens with one attached hydrogen (secondary N) is 1. The minimum absolute atomic E-state index is 0.00984. The van der Waals surface area contributed by atoms with E-state index in [1.54, 1.807) is 17.3 Å². The van der Waals surface area contributed by atoms with E-state index in [4.69, 9.17) is 0 Å². The van der Waals surface area contributed by atoms with E-state index >= 15 is 0 Å². The SMILES string of the molecule is CC[C@@H](c1ccncc1)N(C)C(=O)Nc1cccc(-n2cccc2)c1. The second kappa shape index (κ2) is 7.66. The van der Waals surface area contributed by atoms with Crippen molar-refractivity contribution in [2.24, 2.45) is 0 Å². The standard InChI is InChI=1S/C20H22N4O/c1-3-19(16-9-11-21-12-10-16)23(2)20(25)22-17-7-6-8-18(15-17)24-13-4-5-14-24/h4-15,19H,3H2,1-2H3,(H,22,25)/t19-/m0/s1. The zero-order valence-corrected chi connectivity index (χ0v) is 14.5. The van der Waals surface area contributed by atoms with Gasteiger partial charge in [-0.25, -0.2) is 4.79 Å². The number of benzene rings is 1. The number of amides is 2. The number of pyridine rings is 1. The highest BCUT2D eigenvalue weighted by Gasteiger charge is 2.20. The monoisotopic (exact) mass is 334 g/mol. The van der Waals surface area contributed by atoms with Crippen molar-refractivity contribution in [3.63, 3.8) is 0 Å². The van der Waals surface area contributed by atoms with Crippen LogP contribution in [-0.2, 0) is 0 Å². The minimum Gasteiger partial charge on any atom is -0.324 e. The summed E-state index contributed by atoms with van der Waals surface area (Å²) in [5, 5.41) is 2.99. The van der Waals surface area contributed by atoms with E-state index in [2.05, 4.69) is 17.2 Å². The Morgan fingerprint density at radius 3 is 2.56 bits per heavy atom. The lowest BCUT2D eigenvalue weighted by molar-refractivity contribution is 0.202. The third-order valence-corrected chi connectivity index (χ3v) is 4.27. The molecule has 1 aromatic carbocycles. The minimum atomic E-state index is -0.131. The van der Waals surface area contributed by atoms with Crippen LogP contribution in [0.25, 0.3) is 5.69 Å². The Morgan fingerprint density at radius 2 is 1.88 bits per heavy atom. The van der Waals surface area contributed by atoms with Crippen molar-refractivity contribution in [3.8, 4) is 5.69 Å². The van der Waals surface area contributed by atoms with Gasteiger partial charge in [0.25, 0.3) is 0 Å². The molecule has 0 aliphatic rings. The molecule has 5 nitrogen and oxygen atoms in total. The fourth-order valence-electron chi connectivity index (χ4n) is 2.92. The number of carbonyl (C=O) groups excluding carboxylic acids is 1. The smallest absolute Gasteiger partial charge is 0.322 e. The Labute approximate surface area is 147 Å². The van der Waals surface area contributed by atoms with Gasteiger partial charge in [-0.1, -0.05) is 13.0 Å². The fourth-order valence-corrected chi connectivity index (χ4v) is 2.92. The number of urea groups is 1. The van der Waals surface area contributed by atoms with Gasteiger partial charge in [0.05, 0.1) is 6.04 Å². The van der Waals surface area contributed by atoms with E-state index in [0.717, 1.165) is 23.4 Å². The molecule has 25 heavy (non-hydrogen) atoms. The van der Waals surface area contributed by atoms with Crippen molar-refractivity contribution in [1.29, 1.82) is 0 Å². The van der Waals surface area contributed by atoms with Gasteiger partial charge >= 0.3 is 6.03 Å². The summed E-state index contributed by atoms with van der Waals surface area (Å²) < 4.78 is 2.01. The molecule has 0 radical (unpaired) electrons. The highest BCUT2D eigenvalue weighted by atomic mass is 16.2. The van der Waals surface area contributed by atoms with Crippen molar-refractivity contribution < 1.29 is 4.79 Å². The summed E-state index contributed by atoms with van der Waals surface area (Å²) in [4.78, 5) is 18.5. The molecule has 0 bridgehead atoms. The summed E-state index contributed by atoms with van der Waals surface area (Å²) in [5.74, 6) is 0. The first-order chi connectivity index (χ1) is 12.2. The first-order valence-corrected chi connectivity index (χ1v) is 8.36. The van der Waals surface area contributed by atoms with Crippen LogP contribution in [0.15, 0.2) is 73.3 Å². The number of nitrogens with zero attached hydrogens (tertiary/aromatic N) is 3. The van der Waals surface area contributed by atoms with Crippen LogP contribution in [0.3, 0.4) is 0 Å². The molecule has 0 unspecified atom stereocenters. The van der Waals surface area contributed by atoms with Crippen molar-refractivity contribution in [2.45, 2.75) is 19.4 Å². The zero-order chi connectivity index (χ0) is 17.6. The molecule has 2 aromatic heterocycles. The van der Waals surface area contributed by atoms with Crippen molar-refractivity contribution in [2.75, 3.05) is 12.4 Å². The van der Waals surface area contributed by atoms with E-state index in [1.807, 2.05) is 72.5 Å². The first kappa shape index (κ1) is 16.8. The lowest BCUT2D eigenvalue weighted by Gasteiger charge is -2.28. The van der Waals surface area contributed by atoms with Crippen LogP contribution in [0.4, 0.5) is 10.5 Å². The number of rotatable bonds is 5. The van der Waals surface area contributed by atoms with Gasteiger partial charge in [-0.05, 0) is 54.4 Å². The largest absolute Gasteiger partial charge is 0.324 e. The maximum atomic E-state index is 12.7. The van der Waals surface area contributed by atoms with Crippen LogP contribution in [-0.4, -0.2) is 27.5 Å². The van der Waals surface area contributed by atoms with Crippen LogP contribution >= 0.6 is 0 Å². The molecule has 0 aliphatic carbocycles. The van der Waals surface area contributed by atoms with E-state index in [-0.39, 0.29) is 12.1 Å². The molecule has 2 heterocycles. The highest BCUT2D eigenvalue weighted by molar-refractivity contribution is 5.89. The van der Waals surface area contributed by atoms with Gasteiger partial charge < -0.3 is 14.8 Å². The Kier molecular flexibility index (Phi) is 5.14. The molecule has 128 valence electrons. The number of aromatic nitrogens is 2. The third kappa shape index (κ3) is 3.88. The van der Waals surface area contributed by atoms with Gasteiger partial charge in [-0.15, -0.1) is 0 Å². The lowest BCUT2D eigenvalue weighted by Crippen LogP contribution is -2.34. The van der Waals surface area contributed by atoms with Crippen LogP contribution in [0, 0.1) is 0 Å². The average molecular weight is 334 g/mol. The van der Waals surface area contributed by atoms with E-state index in [0.29, 0.717) is 0 Å². The van der Waals surface area contributed by atoms with Gasteiger partial charge in [0.2, 0.25) is 0 Å². The van der Waals surface area contributed by atoms with Crippen LogP contribution < -0.4 is 5.32 Å². The van der Waals surface area contributed by atoms with Crippen molar-refractivity contribution in [3.05, 3.63) is 78.9 Å². The summed E-state index contributed by atoms with van der Waals surface area (Å²) in [6.45, 7) is 2.07. The molecular formula is C20H22N4O. The fraction of sp³-hybridized carbons (Fsp3) is 0.200. The Morgan fingerprint density at radius 1 is 1.16 bits per heavy atom. The van der Waals surface area contributed by atoms with Gasteiger partial charge in [0.1, 0.15) is 0 Å². The Balaban J connectivity index is 1.74. The predicted octanol–water partition coefficient (Wildman–Crippen LogP) is 4.49. The molecule has 0 fully saturated rings. The molecule has 3 aromatic rings. The zero-order valence-electron chi connectivity index (χ0n) is 14.5. The molecule has 3 rings (SSSR count). The molecule has 0 saturated heterocycles. The molecule has 0 saturated carbocycles. The van der Waals surface area contributed by atoms with Gasteiger partial charge in [-0.3, -0.25) is 4.98 Å². The molecule has 2 amide bonds. The quantitative estimate of drug-likeness (QED) is 0.747. The Hall–Kier alpha value is -3.08. The van der Waals surface area contributed by atoms with Crippen molar-refractivity contribution >= 4 is 11.7 Å². The Bertz CT molecular complexity index is 815. The summed E-state index contributed by atoms with van der Waals surface area (Å²) in [7, 11) is 1.82. The molecule has 1 atom stereocenters. The predicted molar refractivity (Wildman–Crippen MR) is 99.8 cm³/mol. The maximum absolute atomic E-state index is 12.7. The first-order valence-electron chi connectivity index (χ1n) is 8.36. The summed E-state index contributed by atoms with van der Waals surface area (Å²) in [5.41, 5.74) is 2.86. The van der Waals surface area contributed by atoms with Crippen LogP contribution in [0.1, 0.15) is 24.9 Å². The van der Waals surface area contributed by atoms with Crippen molar-refractivity contribution in [1.82, 2.24) is 14.5 Å². The second-order valence-corrected chi connectivity index (χ2v) is 5.89. The second-order valence-electron chi connectivity index (χ2n) is 5.89. The van der Waals surface area contributed by atoms with E-state index in [1.165, 1.54) is 0 Å². The third-order valence-electron chi connectivity index (χ3n) is 4.27. The topological polar surface area (TPSA) is 50.2 Å². The molecule has 0 spiro atoms. The molecule has 5 heteroatoms. The average Bonchev–Trinajstić information content (AvgIpc) is 3.18. The van der Waals surface area contributed by atoms with Gasteiger partial charge in [0.15, 0.2) is 0 Å². The summed E-state index contributed by atoms with van der Waals surface area (Å²) >= 11 is 0. The maximum Gasteiger partial charge on any atom is 0.322 e. The highest BCUT2D eigenvalue weighted by Crippen LogP contribution is 2.23. The van der Waals surface area contributed by atoms with Crippen LogP contribution in [0.5, 0.6) is 0 Å². The summed E-state index contributed by atoms with van der Waals surface area (Å²) in [6, 6.07) is 15.5. The summed E-state index contributed by atoms with van der Waals surface area (Å²) in [6.07, 6.45) is 8.29. The molecule has 0 aliphatic heterocycles. The van der Waals surface area contributed by atoms with E-state index in [9.17, 15) is 4.79 Å². The normalized spacial score (nSPS) is 11.8. The van der Waals surface area contributed by atoms with Gasteiger partial charge in [0, 0.05) is 43.2 Å². The molecule has 1 N–H and O–H groups in total.